The number of alkyl halides is 2. The second kappa shape index (κ2) is 11.6. The number of likely N-dealkylation sites (tertiary alicyclic amines) is 1. The second-order valence-electron chi connectivity index (χ2n) is 11.9. The predicted molar refractivity (Wildman–Crippen MR) is 158 cm³/mol. The normalized spacial score (nSPS) is 18.5. The molecule has 0 radical (unpaired) electrons. The van der Waals surface area contributed by atoms with Crippen LogP contribution in [0, 0.1) is 17.6 Å². The van der Waals surface area contributed by atoms with Crippen molar-refractivity contribution < 1.29 is 37.1 Å². The topological polar surface area (TPSA) is 97.0 Å². The van der Waals surface area contributed by atoms with Crippen LogP contribution in [0.25, 0.3) is 27.6 Å². The van der Waals surface area contributed by atoms with Crippen LogP contribution in [0.15, 0.2) is 36.4 Å². The van der Waals surface area contributed by atoms with E-state index >= 15 is 8.78 Å². The van der Waals surface area contributed by atoms with Gasteiger partial charge in [0.2, 0.25) is 5.91 Å². The third kappa shape index (κ3) is 5.65. The van der Waals surface area contributed by atoms with E-state index in [9.17, 15) is 23.2 Å². The molecule has 0 saturated carbocycles. The Morgan fingerprint density at radius 2 is 1.75 bits per heavy atom. The van der Waals surface area contributed by atoms with Gasteiger partial charge in [-0.1, -0.05) is 32.1 Å². The molecule has 1 aromatic heterocycles. The molecule has 44 heavy (non-hydrogen) atoms. The number of fused-ring (bicyclic) bond motifs is 1. The van der Waals surface area contributed by atoms with Gasteiger partial charge >= 0.3 is 6.09 Å². The number of amides is 3. The van der Waals surface area contributed by atoms with Gasteiger partial charge in [-0.15, -0.1) is 0 Å². The van der Waals surface area contributed by atoms with Gasteiger partial charge in [-0.05, 0) is 47.7 Å². The van der Waals surface area contributed by atoms with Crippen LogP contribution in [-0.4, -0.2) is 88.9 Å². The lowest BCUT2D eigenvalue weighted by Crippen LogP contribution is -2.49. The monoisotopic (exact) mass is 614 g/mol. The zero-order chi connectivity index (χ0) is 32.1. The molecule has 1 fully saturated rings. The summed E-state index contributed by atoms with van der Waals surface area (Å²) < 4.78 is 62.0. The largest absolute Gasteiger partial charge is 0.465 e. The summed E-state index contributed by atoms with van der Waals surface area (Å²) in [4.78, 5) is 43.2. The molecule has 1 atom stereocenters. The van der Waals surface area contributed by atoms with E-state index < -0.39 is 42.0 Å². The van der Waals surface area contributed by atoms with Gasteiger partial charge in [0.05, 0.1) is 18.0 Å². The number of carboxylic acid groups (broad SMARTS) is 1. The van der Waals surface area contributed by atoms with Crippen molar-refractivity contribution in [2.75, 3.05) is 40.3 Å². The first-order valence-electron chi connectivity index (χ1n) is 14.4. The zero-order valence-electron chi connectivity index (χ0n) is 24.9. The molecule has 2 aliphatic rings. The predicted octanol–water partition coefficient (Wildman–Crippen LogP) is 6.19. The SMILES string of the molecule is CC(C)C(=O)N1CCC=C(c2cc(-c3ccc(C4CCN(C(=O)O)CC4(F)F)cc3F)c3cc(C(=O)N(C)C)[nH]c3c2F)C1. The molecule has 0 aliphatic carbocycles. The Bertz CT molecular complexity index is 1680. The molecule has 3 aromatic rings. The summed E-state index contributed by atoms with van der Waals surface area (Å²) in [6, 6.07) is 6.66. The summed E-state index contributed by atoms with van der Waals surface area (Å²) >= 11 is 0. The lowest BCUT2D eigenvalue weighted by Gasteiger charge is -2.37. The molecule has 3 amide bonds. The van der Waals surface area contributed by atoms with E-state index in [1.165, 1.54) is 29.2 Å². The Hall–Kier alpha value is -4.35. The summed E-state index contributed by atoms with van der Waals surface area (Å²) in [7, 11) is 3.08. The number of carbonyl (C=O) groups excluding carboxylic acids is 2. The van der Waals surface area contributed by atoms with Gasteiger partial charge in [-0.3, -0.25) is 9.59 Å². The molecule has 0 spiro atoms. The van der Waals surface area contributed by atoms with Crippen LogP contribution in [0.4, 0.5) is 22.4 Å². The van der Waals surface area contributed by atoms with E-state index in [4.69, 9.17) is 5.11 Å². The van der Waals surface area contributed by atoms with Gasteiger partial charge in [0.15, 0.2) is 5.82 Å². The van der Waals surface area contributed by atoms with Crippen LogP contribution in [0.2, 0.25) is 0 Å². The molecule has 234 valence electrons. The Morgan fingerprint density at radius 3 is 2.36 bits per heavy atom. The smallest absolute Gasteiger partial charge is 0.407 e. The van der Waals surface area contributed by atoms with Crippen molar-refractivity contribution in [1.82, 2.24) is 19.7 Å². The second-order valence-corrected chi connectivity index (χ2v) is 11.9. The third-order valence-corrected chi connectivity index (χ3v) is 8.35. The molecule has 2 aliphatic heterocycles. The van der Waals surface area contributed by atoms with Crippen molar-refractivity contribution in [3.63, 3.8) is 0 Å². The number of rotatable bonds is 5. The van der Waals surface area contributed by atoms with E-state index in [0.717, 1.165) is 6.07 Å². The van der Waals surface area contributed by atoms with E-state index in [1.807, 2.05) is 6.08 Å². The van der Waals surface area contributed by atoms with E-state index in [-0.39, 0.29) is 70.2 Å². The van der Waals surface area contributed by atoms with Crippen molar-refractivity contribution in [1.29, 1.82) is 0 Å². The number of hydrogen-bond acceptors (Lipinski definition) is 3. The van der Waals surface area contributed by atoms with Crippen LogP contribution in [-0.2, 0) is 4.79 Å². The number of aromatic nitrogens is 1. The average Bonchev–Trinajstić information content (AvgIpc) is 3.42. The van der Waals surface area contributed by atoms with Gasteiger partial charge in [-0.2, -0.15) is 0 Å². The summed E-state index contributed by atoms with van der Waals surface area (Å²) in [5.41, 5.74) is 1.01. The first-order valence-corrected chi connectivity index (χ1v) is 14.4. The number of piperidine rings is 1. The van der Waals surface area contributed by atoms with Gasteiger partial charge < -0.3 is 24.8 Å². The number of aromatic amines is 1. The fraction of sp³-hybridized carbons (Fsp3) is 0.406. The number of H-pyrrole nitrogens is 1. The summed E-state index contributed by atoms with van der Waals surface area (Å²) in [5.74, 6) is -7.04. The van der Waals surface area contributed by atoms with Crippen LogP contribution >= 0.6 is 0 Å². The fourth-order valence-corrected chi connectivity index (χ4v) is 6.05. The third-order valence-electron chi connectivity index (χ3n) is 8.35. The quantitative estimate of drug-likeness (QED) is 0.335. The molecule has 1 saturated heterocycles. The van der Waals surface area contributed by atoms with Crippen molar-refractivity contribution in [2.24, 2.45) is 5.92 Å². The molecule has 2 aromatic carbocycles. The maximum Gasteiger partial charge on any atom is 0.407 e. The highest BCUT2D eigenvalue weighted by Gasteiger charge is 2.46. The van der Waals surface area contributed by atoms with Gasteiger partial charge in [-0.25, -0.2) is 22.4 Å². The number of nitrogens with one attached hydrogen (secondary N) is 1. The van der Waals surface area contributed by atoms with Gasteiger partial charge in [0.25, 0.3) is 11.8 Å². The number of hydrogen-bond donors (Lipinski definition) is 2. The molecular formula is C32H34F4N4O4. The van der Waals surface area contributed by atoms with Gasteiger partial charge in [0.1, 0.15) is 11.5 Å². The lowest BCUT2D eigenvalue weighted by molar-refractivity contribution is -0.133. The molecule has 5 rings (SSSR count). The standard InChI is InChI=1S/C32H34F4N4O4/c1-17(2)29(41)39-10-5-6-19(15-39)21-13-22(23-14-26(30(42)38(3)4)37-28(23)27(21)34)20-8-7-18(12-25(20)33)24-9-11-40(31(43)44)16-32(24,35)36/h6-8,12-14,17,24,37H,5,9-11,15-16H2,1-4H3,(H,43,44). The lowest BCUT2D eigenvalue weighted by atomic mass is 9.85. The van der Waals surface area contributed by atoms with Crippen molar-refractivity contribution in [3.8, 4) is 11.1 Å². The minimum absolute atomic E-state index is 0.0145. The maximum atomic E-state index is 16.2. The first kappa shape index (κ1) is 31.1. The Labute approximate surface area is 251 Å². The minimum atomic E-state index is -3.41. The molecular weight excluding hydrogens is 580 g/mol. The van der Waals surface area contributed by atoms with Crippen LogP contribution < -0.4 is 0 Å². The molecule has 0 bridgehead atoms. The zero-order valence-corrected chi connectivity index (χ0v) is 24.9. The molecule has 1 unspecified atom stereocenters. The van der Waals surface area contributed by atoms with Gasteiger partial charge in [0, 0.05) is 56.2 Å². The Balaban J connectivity index is 1.61. The maximum absolute atomic E-state index is 16.2. The van der Waals surface area contributed by atoms with Crippen molar-refractivity contribution >= 4 is 34.4 Å². The summed E-state index contributed by atoms with van der Waals surface area (Å²) in [6.45, 7) is 3.09. The summed E-state index contributed by atoms with van der Waals surface area (Å²) in [6.07, 6.45) is 0.701. The highest BCUT2D eigenvalue weighted by atomic mass is 19.3. The average molecular weight is 615 g/mol. The highest BCUT2D eigenvalue weighted by Crippen LogP contribution is 2.43. The Kier molecular flexibility index (Phi) is 8.21. The molecule has 12 heteroatoms. The van der Waals surface area contributed by atoms with E-state index in [1.54, 1.807) is 32.8 Å². The highest BCUT2D eigenvalue weighted by molar-refractivity contribution is 6.04. The number of carbonyl (C=O) groups is 3. The summed E-state index contributed by atoms with van der Waals surface area (Å²) in [5, 5.41) is 9.38. The van der Waals surface area contributed by atoms with E-state index in [2.05, 4.69) is 4.98 Å². The Morgan fingerprint density at radius 1 is 1.02 bits per heavy atom. The van der Waals surface area contributed by atoms with Crippen molar-refractivity contribution in [3.05, 3.63) is 64.9 Å². The van der Waals surface area contributed by atoms with Crippen molar-refractivity contribution in [2.45, 2.75) is 38.5 Å². The molecule has 2 N–H and O–H groups in total. The molecule has 8 nitrogen and oxygen atoms in total. The number of halogens is 4. The fourth-order valence-electron chi connectivity index (χ4n) is 6.05. The number of nitrogens with zero attached hydrogens (tertiary/aromatic N) is 3. The minimum Gasteiger partial charge on any atom is -0.465 e. The van der Waals surface area contributed by atoms with Crippen LogP contribution in [0.1, 0.15) is 54.2 Å². The first-order chi connectivity index (χ1) is 20.7. The van der Waals surface area contributed by atoms with Crippen LogP contribution in [0.5, 0.6) is 0 Å². The van der Waals surface area contributed by atoms with E-state index in [0.29, 0.717) is 23.4 Å². The molecule has 3 heterocycles. The number of benzene rings is 2. The van der Waals surface area contributed by atoms with Crippen LogP contribution in [0.3, 0.4) is 0 Å².